The van der Waals surface area contributed by atoms with Crippen molar-refractivity contribution in [1.82, 2.24) is 4.90 Å². The summed E-state index contributed by atoms with van der Waals surface area (Å²) in [6.45, 7) is 0.610. The molecule has 1 aromatic rings. The molecule has 0 bridgehead atoms. The number of rotatable bonds is 3. The predicted molar refractivity (Wildman–Crippen MR) is 83.4 cm³/mol. The van der Waals surface area contributed by atoms with Gasteiger partial charge in [0.2, 0.25) is 0 Å². The van der Waals surface area contributed by atoms with E-state index >= 15 is 0 Å². The molecule has 1 aliphatic rings. The quantitative estimate of drug-likeness (QED) is 0.926. The highest BCUT2D eigenvalue weighted by molar-refractivity contribution is 6.39. The van der Waals surface area contributed by atoms with Crippen LogP contribution in [0.2, 0.25) is 10.0 Å². The van der Waals surface area contributed by atoms with E-state index in [1.54, 1.807) is 23.1 Å². The molecule has 2 rings (SSSR count). The van der Waals surface area contributed by atoms with Gasteiger partial charge < -0.3 is 10.6 Å². The highest BCUT2D eigenvalue weighted by Crippen LogP contribution is 2.31. The summed E-state index contributed by atoms with van der Waals surface area (Å²) < 4.78 is 0. The summed E-state index contributed by atoms with van der Waals surface area (Å²) in [5, 5.41) is 0.795. The standard InChI is InChI=1S/C15H20Cl2N2O/c1-19(13-8-3-2-5-10(13)9-18)15(20)14-11(16)6-4-7-12(14)17/h4,6-7,10,13H,2-3,5,8-9,18H2,1H3. The van der Waals surface area contributed by atoms with Crippen LogP contribution in [0.15, 0.2) is 18.2 Å². The number of benzene rings is 1. The maximum atomic E-state index is 12.7. The van der Waals surface area contributed by atoms with Crippen LogP contribution in [0, 0.1) is 5.92 Å². The van der Waals surface area contributed by atoms with Crippen molar-refractivity contribution in [1.29, 1.82) is 0 Å². The molecule has 5 heteroatoms. The number of halogens is 2. The van der Waals surface area contributed by atoms with Crippen molar-refractivity contribution < 1.29 is 4.79 Å². The molecule has 1 amide bonds. The molecule has 1 fully saturated rings. The molecule has 110 valence electrons. The van der Waals surface area contributed by atoms with Crippen molar-refractivity contribution in [2.24, 2.45) is 11.7 Å². The minimum absolute atomic E-state index is 0.119. The Kier molecular flexibility index (Phi) is 5.30. The van der Waals surface area contributed by atoms with Crippen molar-refractivity contribution >= 4 is 29.1 Å². The van der Waals surface area contributed by atoms with Crippen LogP contribution in [-0.4, -0.2) is 30.4 Å². The second-order valence-electron chi connectivity index (χ2n) is 5.36. The molecule has 0 aromatic heterocycles. The molecular formula is C15H20Cl2N2O. The van der Waals surface area contributed by atoms with Gasteiger partial charge in [-0.2, -0.15) is 0 Å². The molecule has 1 aliphatic carbocycles. The highest BCUT2D eigenvalue weighted by Gasteiger charge is 2.31. The normalized spacial score (nSPS) is 22.6. The van der Waals surface area contributed by atoms with Gasteiger partial charge in [0.05, 0.1) is 15.6 Å². The van der Waals surface area contributed by atoms with Crippen LogP contribution in [0.4, 0.5) is 0 Å². The molecule has 2 N–H and O–H groups in total. The Bertz CT molecular complexity index is 473. The summed E-state index contributed by atoms with van der Waals surface area (Å²) in [5.74, 6) is 0.241. The van der Waals surface area contributed by atoms with Crippen LogP contribution in [0.25, 0.3) is 0 Å². The Morgan fingerprint density at radius 3 is 2.50 bits per heavy atom. The van der Waals surface area contributed by atoms with Gasteiger partial charge in [0.15, 0.2) is 0 Å². The topological polar surface area (TPSA) is 46.3 Å². The second-order valence-corrected chi connectivity index (χ2v) is 6.17. The van der Waals surface area contributed by atoms with E-state index in [1.807, 2.05) is 7.05 Å². The first-order valence-electron chi connectivity index (χ1n) is 6.97. The number of carbonyl (C=O) groups excluding carboxylic acids is 1. The monoisotopic (exact) mass is 314 g/mol. The third-order valence-corrected chi connectivity index (χ3v) is 4.80. The van der Waals surface area contributed by atoms with Gasteiger partial charge in [-0.05, 0) is 37.4 Å². The Labute approximate surface area is 130 Å². The number of carbonyl (C=O) groups is 1. The van der Waals surface area contributed by atoms with Gasteiger partial charge in [0.25, 0.3) is 5.91 Å². The summed E-state index contributed by atoms with van der Waals surface area (Å²) >= 11 is 12.2. The van der Waals surface area contributed by atoms with Crippen molar-refractivity contribution in [3.8, 4) is 0 Å². The van der Waals surface area contributed by atoms with E-state index in [2.05, 4.69) is 0 Å². The van der Waals surface area contributed by atoms with Crippen LogP contribution in [0.1, 0.15) is 36.0 Å². The van der Waals surface area contributed by atoms with E-state index in [0.29, 0.717) is 28.1 Å². The Morgan fingerprint density at radius 2 is 1.90 bits per heavy atom. The molecular weight excluding hydrogens is 295 g/mol. The number of hydrogen-bond acceptors (Lipinski definition) is 2. The first-order valence-corrected chi connectivity index (χ1v) is 7.73. The molecule has 0 aliphatic heterocycles. The van der Waals surface area contributed by atoms with E-state index in [9.17, 15) is 4.79 Å². The average Bonchev–Trinajstić information content (AvgIpc) is 2.46. The molecule has 0 spiro atoms. The molecule has 20 heavy (non-hydrogen) atoms. The lowest BCUT2D eigenvalue weighted by atomic mass is 9.83. The minimum atomic E-state index is -0.119. The second kappa shape index (κ2) is 6.79. The summed E-state index contributed by atoms with van der Waals surface area (Å²) in [6, 6.07) is 5.30. The van der Waals surface area contributed by atoms with Gasteiger partial charge in [-0.25, -0.2) is 0 Å². The summed E-state index contributed by atoms with van der Waals surface area (Å²) in [5.41, 5.74) is 6.23. The van der Waals surface area contributed by atoms with E-state index in [-0.39, 0.29) is 11.9 Å². The third-order valence-electron chi connectivity index (χ3n) is 4.17. The number of hydrogen-bond donors (Lipinski definition) is 1. The Morgan fingerprint density at radius 1 is 1.30 bits per heavy atom. The lowest BCUT2D eigenvalue weighted by molar-refractivity contribution is 0.0620. The lowest BCUT2D eigenvalue weighted by Crippen LogP contribution is -2.46. The molecule has 1 saturated carbocycles. The molecule has 2 atom stereocenters. The van der Waals surface area contributed by atoms with E-state index in [4.69, 9.17) is 28.9 Å². The van der Waals surface area contributed by atoms with Crippen LogP contribution in [0.5, 0.6) is 0 Å². The number of amides is 1. The highest BCUT2D eigenvalue weighted by atomic mass is 35.5. The fraction of sp³-hybridized carbons (Fsp3) is 0.533. The van der Waals surface area contributed by atoms with Gasteiger partial charge in [0.1, 0.15) is 0 Å². The van der Waals surface area contributed by atoms with Crippen LogP contribution in [-0.2, 0) is 0 Å². The zero-order valence-corrected chi connectivity index (χ0v) is 13.1. The zero-order chi connectivity index (χ0) is 14.7. The largest absolute Gasteiger partial charge is 0.338 e. The fourth-order valence-corrected chi connectivity index (χ4v) is 3.56. The van der Waals surface area contributed by atoms with Crippen molar-refractivity contribution in [2.75, 3.05) is 13.6 Å². The van der Waals surface area contributed by atoms with Crippen molar-refractivity contribution in [3.63, 3.8) is 0 Å². The number of nitrogens with zero attached hydrogens (tertiary/aromatic N) is 1. The first-order chi connectivity index (χ1) is 9.56. The third kappa shape index (κ3) is 3.11. The van der Waals surface area contributed by atoms with Gasteiger partial charge in [-0.3, -0.25) is 4.79 Å². The smallest absolute Gasteiger partial charge is 0.256 e. The van der Waals surface area contributed by atoms with Crippen LogP contribution < -0.4 is 5.73 Å². The van der Waals surface area contributed by atoms with Gasteiger partial charge >= 0.3 is 0 Å². The average molecular weight is 315 g/mol. The van der Waals surface area contributed by atoms with Crippen molar-refractivity contribution in [2.45, 2.75) is 31.7 Å². The molecule has 0 heterocycles. The van der Waals surface area contributed by atoms with Crippen LogP contribution >= 0.6 is 23.2 Å². The lowest BCUT2D eigenvalue weighted by Gasteiger charge is -2.37. The number of nitrogens with two attached hydrogens (primary N) is 1. The first kappa shape index (κ1) is 15.6. The summed E-state index contributed by atoms with van der Waals surface area (Å²) in [7, 11) is 1.82. The summed E-state index contributed by atoms with van der Waals surface area (Å²) in [4.78, 5) is 14.4. The summed E-state index contributed by atoms with van der Waals surface area (Å²) in [6.07, 6.45) is 4.39. The van der Waals surface area contributed by atoms with Gasteiger partial charge in [-0.15, -0.1) is 0 Å². The van der Waals surface area contributed by atoms with E-state index < -0.39 is 0 Å². The van der Waals surface area contributed by atoms with Gasteiger partial charge in [0, 0.05) is 13.1 Å². The maximum absolute atomic E-state index is 12.7. The molecule has 0 saturated heterocycles. The van der Waals surface area contributed by atoms with E-state index in [1.165, 1.54) is 6.42 Å². The molecule has 2 unspecified atom stereocenters. The van der Waals surface area contributed by atoms with Crippen LogP contribution in [0.3, 0.4) is 0 Å². The van der Waals surface area contributed by atoms with E-state index in [0.717, 1.165) is 19.3 Å². The SMILES string of the molecule is CN(C(=O)c1c(Cl)cccc1Cl)C1CCCCC1CN. The van der Waals surface area contributed by atoms with Gasteiger partial charge in [-0.1, -0.05) is 42.1 Å². The fourth-order valence-electron chi connectivity index (χ4n) is 3.00. The molecule has 3 nitrogen and oxygen atoms in total. The molecule has 0 radical (unpaired) electrons. The maximum Gasteiger partial charge on any atom is 0.256 e. The Balaban J connectivity index is 2.23. The zero-order valence-electron chi connectivity index (χ0n) is 11.6. The van der Waals surface area contributed by atoms with Crippen molar-refractivity contribution in [3.05, 3.63) is 33.8 Å². The molecule has 1 aromatic carbocycles. The minimum Gasteiger partial charge on any atom is -0.338 e. The predicted octanol–water partition coefficient (Wildman–Crippen LogP) is 3.58. The Hall–Kier alpha value is -0.770.